The molecule has 108 valence electrons. The number of hydrogen-bond acceptors (Lipinski definition) is 3. The van der Waals surface area contributed by atoms with Crippen LogP contribution in [0.3, 0.4) is 0 Å². The van der Waals surface area contributed by atoms with Gasteiger partial charge >= 0.3 is 0 Å². The molecule has 2 atom stereocenters. The molecule has 3 heteroatoms. The third-order valence-electron chi connectivity index (χ3n) is 4.27. The molecule has 1 fully saturated rings. The van der Waals surface area contributed by atoms with Gasteiger partial charge in [-0.15, -0.1) is 0 Å². The van der Waals surface area contributed by atoms with Gasteiger partial charge in [-0.1, -0.05) is 40.5 Å². The monoisotopic (exact) mass is 256 g/mol. The van der Waals surface area contributed by atoms with Crippen molar-refractivity contribution in [2.24, 2.45) is 11.1 Å². The Kier molecular flexibility index (Phi) is 6.09. The van der Waals surface area contributed by atoms with E-state index in [9.17, 15) is 5.11 Å². The summed E-state index contributed by atoms with van der Waals surface area (Å²) in [5.41, 5.74) is 6.54. The van der Waals surface area contributed by atoms with E-state index in [0.29, 0.717) is 12.1 Å². The van der Waals surface area contributed by atoms with Gasteiger partial charge < -0.3 is 10.8 Å². The maximum absolute atomic E-state index is 9.38. The number of hydrogen-bond donors (Lipinski definition) is 2. The zero-order valence-corrected chi connectivity index (χ0v) is 12.7. The lowest BCUT2D eigenvalue weighted by Crippen LogP contribution is -2.58. The SMILES string of the molecule is CCC(N)C(N(CCO)C1CCCC1)C(C)(C)C. The Morgan fingerprint density at radius 2 is 1.83 bits per heavy atom. The minimum Gasteiger partial charge on any atom is -0.395 e. The van der Waals surface area contributed by atoms with E-state index < -0.39 is 0 Å². The van der Waals surface area contributed by atoms with Gasteiger partial charge in [0.25, 0.3) is 0 Å². The maximum atomic E-state index is 9.38. The summed E-state index contributed by atoms with van der Waals surface area (Å²) >= 11 is 0. The van der Waals surface area contributed by atoms with Crippen LogP contribution < -0.4 is 5.73 Å². The van der Waals surface area contributed by atoms with Gasteiger partial charge in [-0.3, -0.25) is 4.90 Å². The average molecular weight is 256 g/mol. The van der Waals surface area contributed by atoms with E-state index in [0.717, 1.165) is 13.0 Å². The van der Waals surface area contributed by atoms with Gasteiger partial charge in [0, 0.05) is 24.7 Å². The first-order valence-corrected chi connectivity index (χ1v) is 7.54. The van der Waals surface area contributed by atoms with Crippen LogP contribution in [0, 0.1) is 5.41 Å². The number of aliphatic hydroxyl groups excluding tert-OH is 1. The summed E-state index contributed by atoms with van der Waals surface area (Å²) in [5.74, 6) is 0. The highest BCUT2D eigenvalue weighted by Gasteiger charge is 2.38. The van der Waals surface area contributed by atoms with E-state index >= 15 is 0 Å². The van der Waals surface area contributed by atoms with E-state index in [1.807, 2.05) is 0 Å². The first kappa shape index (κ1) is 15.9. The van der Waals surface area contributed by atoms with Crippen molar-refractivity contribution in [3.8, 4) is 0 Å². The molecule has 0 heterocycles. The van der Waals surface area contributed by atoms with Crippen LogP contribution in [0.5, 0.6) is 0 Å². The molecule has 1 aliphatic rings. The Labute approximate surface area is 113 Å². The molecular weight excluding hydrogens is 224 g/mol. The molecule has 3 nitrogen and oxygen atoms in total. The summed E-state index contributed by atoms with van der Waals surface area (Å²) in [4.78, 5) is 2.50. The van der Waals surface area contributed by atoms with Crippen LogP contribution in [0.15, 0.2) is 0 Å². The second-order valence-corrected chi connectivity index (χ2v) is 6.78. The smallest absolute Gasteiger partial charge is 0.0558 e. The molecule has 2 unspecified atom stereocenters. The first-order valence-electron chi connectivity index (χ1n) is 7.54. The van der Waals surface area contributed by atoms with E-state index in [1.54, 1.807) is 0 Å². The number of rotatable bonds is 6. The van der Waals surface area contributed by atoms with Gasteiger partial charge in [0.2, 0.25) is 0 Å². The number of nitrogens with zero attached hydrogens (tertiary/aromatic N) is 1. The van der Waals surface area contributed by atoms with E-state index in [4.69, 9.17) is 5.73 Å². The van der Waals surface area contributed by atoms with Gasteiger partial charge in [0.15, 0.2) is 0 Å². The molecule has 0 bridgehead atoms. The van der Waals surface area contributed by atoms with Crippen molar-refractivity contribution in [3.05, 3.63) is 0 Å². The summed E-state index contributed by atoms with van der Waals surface area (Å²) in [7, 11) is 0. The Bertz CT molecular complexity index is 231. The third kappa shape index (κ3) is 3.94. The highest BCUT2D eigenvalue weighted by molar-refractivity contribution is 4.94. The average Bonchev–Trinajstić information content (AvgIpc) is 2.79. The third-order valence-corrected chi connectivity index (χ3v) is 4.27. The quantitative estimate of drug-likeness (QED) is 0.767. The topological polar surface area (TPSA) is 49.5 Å². The Morgan fingerprint density at radius 3 is 2.22 bits per heavy atom. The Morgan fingerprint density at radius 1 is 1.28 bits per heavy atom. The van der Waals surface area contributed by atoms with Crippen molar-refractivity contribution in [2.75, 3.05) is 13.2 Å². The number of nitrogens with two attached hydrogens (primary N) is 1. The highest BCUT2D eigenvalue weighted by atomic mass is 16.3. The van der Waals surface area contributed by atoms with Gasteiger partial charge in [0.05, 0.1) is 6.61 Å². The molecular formula is C15H32N2O. The molecule has 0 aromatic carbocycles. The van der Waals surface area contributed by atoms with Gasteiger partial charge in [-0.25, -0.2) is 0 Å². The van der Waals surface area contributed by atoms with Crippen molar-refractivity contribution in [3.63, 3.8) is 0 Å². The lowest BCUT2D eigenvalue weighted by atomic mass is 9.79. The zero-order chi connectivity index (χ0) is 13.8. The predicted molar refractivity (Wildman–Crippen MR) is 77.6 cm³/mol. The standard InChI is InChI=1S/C15H32N2O/c1-5-13(16)14(15(2,3)4)17(10-11-18)12-8-6-7-9-12/h12-14,18H,5-11,16H2,1-4H3. The molecule has 0 aliphatic heterocycles. The Hall–Kier alpha value is -0.120. The highest BCUT2D eigenvalue weighted by Crippen LogP contribution is 2.33. The summed E-state index contributed by atoms with van der Waals surface area (Å²) < 4.78 is 0. The molecule has 1 aliphatic carbocycles. The summed E-state index contributed by atoms with van der Waals surface area (Å²) in [5, 5.41) is 9.38. The second-order valence-electron chi connectivity index (χ2n) is 6.78. The fourth-order valence-electron chi connectivity index (χ4n) is 3.51. The lowest BCUT2D eigenvalue weighted by Gasteiger charge is -2.46. The molecule has 0 amide bonds. The maximum Gasteiger partial charge on any atom is 0.0558 e. The number of aliphatic hydroxyl groups is 1. The van der Waals surface area contributed by atoms with Crippen LogP contribution in [0.1, 0.15) is 59.8 Å². The van der Waals surface area contributed by atoms with Crippen LogP contribution >= 0.6 is 0 Å². The van der Waals surface area contributed by atoms with E-state index in [-0.39, 0.29) is 18.1 Å². The van der Waals surface area contributed by atoms with Crippen LogP contribution in [0.25, 0.3) is 0 Å². The summed E-state index contributed by atoms with van der Waals surface area (Å²) in [6.45, 7) is 9.97. The van der Waals surface area contributed by atoms with Crippen molar-refractivity contribution >= 4 is 0 Å². The van der Waals surface area contributed by atoms with Gasteiger partial charge in [0.1, 0.15) is 0 Å². The van der Waals surface area contributed by atoms with E-state index in [2.05, 4.69) is 32.6 Å². The largest absolute Gasteiger partial charge is 0.395 e. The molecule has 3 N–H and O–H groups in total. The molecule has 18 heavy (non-hydrogen) atoms. The fraction of sp³-hybridized carbons (Fsp3) is 1.00. The van der Waals surface area contributed by atoms with Crippen LogP contribution in [0.2, 0.25) is 0 Å². The van der Waals surface area contributed by atoms with Crippen molar-refractivity contribution < 1.29 is 5.11 Å². The minimum atomic E-state index is 0.160. The van der Waals surface area contributed by atoms with Crippen molar-refractivity contribution in [1.29, 1.82) is 0 Å². The fourth-order valence-corrected chi connectivity index (χ4v) is 3.51. The van der Waals surface area contributed by atoms with Crippen molar-refractivity contribution in [2.45, 2.75) is 77.9 Å². The molecule has 0 aromatic rings. The van der Waals surface area contributed by atoms with Crippen LogP contribution in [0.4, 0.5) is 0 Å². The van der Waals surface area contributed by atoms with Crippen molar-refractivity contribution in [1.82, 2.24) is 4.90 Å². The summed E-state index contributed by atoms with van der Waals surface area (Å²) in [6.07, 6.45) is 6.18. The molecule has 0 aromatic heterocycles. The molecule has 0 spiro atoms. The van der Waals surface area contributed by atoms with Gasteiger partial charge in [-0.05, 0) is 24.7 Å². The van der Waals surface area contributed by atoms with E-state index in [1.165, 1.54) is 25.7 Å². The van der Waals surface area contributed by atoms with Gasteiger partial charge in [-0.2, -0.15) is 0 Å². The van der Waals surface area contributed by atoms with Crippen LogP contribution in [-0.2, 0) is 0 Å². The molecule has 0 radical (unpaired) electrons. The van der Waals surface area contributed by atoms with Crippen LogP contribution in [-0.4, -0.2) is 41.3 Å². The predicted octanol–water partition coefficient (Wildman–Crippen LogP) is 2.38. The Balaban J connectivity index is 2.89. The molecule has 1 saturated carbocycles. The lowest BCUT2D eigenvalue weighted by molar-refractivity contribution is 0.0276. The minimum absolute atomic E-state index is 0.160. The summed E-state index contributed by atoms with van der Waals surface area (Å²) in [6, 6.07) is 1.17. The normalized spacial score (nSPS) is 21.5. The first-order chi connectivity index (χ1) is 8.41. The molecule has 1 rings (SSSR count). The molecule has 0 saturated heterocycles. The zero-order valence-electron chi connectivity index (χ0n) is 12.7. The second kappa shape index (κ2) is 6.88.